The van der Waals surface area contributed by atoms with Crippen molar-refractivity contribution in [1.29, 1.82) is 0 Å². The Bertz CT molecular complexity index is 388. The smallest absolute Gasteiger partial charge is 0.220 e. The Morgan fingerprint density at radius 3 is 2.82 bits per heavy atom. The molecule has 0 aromatic heterocycles. The molecule has 90 valence electrons. The summed E-state index contributed by atoms with van der Waals surface area (Å²) in [6, 6.07) is 10.9. The van der Waals surface area contributed by atoms with E-state index in [1.165, 1.54) is 5.56 Å². The lowest BCUT2D eigenvalue weighted by Gasteiger charge is -2.41. The van der Waals surface area contributed by atoms with E-state index in [1.807, 2.05) is 0 Å². The third kappa shape index (κ3) is 2.50. The van der Waals surface area contributed by atoms with Gasteiger partial charge in [0.05, 0.1) is 0 Å². The van der Waals surface area contributed by atoms with Crippen LogP contribution in [-0.4, -0.2) is 29.9 Å². The van der Waals surface area contributed by atoms with Crippen molar-refractivity contribution in [3.63, 3.8) is 0 Å². The maximum absolute atomic E-state index is 11.4. The van der Waals surface area contributed by atoms with Gasteiger partial charge in [0, 0.05) is 32.1 Å². The Balaban J connectivity index is 1.65. The summed E-state index contributed by atoms with van der Waals surface area (Å²) in [5.74, 6) is 0.803. The molecule has 3 rings (SSSR count). The number of hydrogen-bond donors (Lipinski definition) is 1. The average molecular weight is 230 g/mol. The lowest BCUT2D eigenvalue weighted by molar-refractivity contribution is -0.126. The van der Waals surface area contributed by atoms with Gasteiger partial charge >= 0.3 is 0 Å². The van der Waals surface area contributed by atoms with Crippen LogP contribution in [0.2, 0.25) is 0 Å². The molecule has 2 fully saturated rings. The quantitative estimate of drug-likeness (QED) is 0.833. The molecule has 0 saturated carbocycles. The van der Waals surface area contributed by atoms with E-state index in [-0.39, 0.29) is 5.91 Å². The predicted molar refractivity (Wildman–Crippen MR) is 66.4 cm³/mol. The zero-order chi connectivity index (χ0) is 11.7. The zero-order valence-electron chi connectivity index (χ0n) is 9.93. The lowest BCUT2D eigenvalue weighted by atomic mass is 9.87. The monoisotopic (exact) mass is 230 g/mol. The Labute approximate surface area is 102 Å². The Morgan fingerprint density at radius 2 is 2.06 bits per heavy atom. The molecule has 0 aliphatic carbocycles. The highest BCUT2D eigenvalue weighted by molar-refractivity contribution is 5.77. The first-order valence-electron chi connectivity index (χ1n) is 6.35. The standard InChI is InChI=1S/C14H18N2O/c17-14-7-12-6-13(15-14)10-16(9-12)8-11-4-2-1-3-5-11/h1-5,12-13H,6-10H2,(H,15,17)/t12-,13-/m1/s1. The molecule has 2 heterocycles. The molecule has 3 heteroatoms. The van der Waals surface area contributed by atoms with Crippen LogP contribution in [0.15, 0.2) is 30.3 Å². The van der Waals surface area contributed by atoms with Crippen LogP contribution in [0, 0.1) is 5.92 Å². The van der Waals surface area contributed by atoms with E-state index in [0.29, 0.717) is 18.4 Å². The van der Waals surface area contributed by atoms with Gasteiger partial charge in [-0.1, -0.05) is 30.3 Å². The number of piperidine rings is 2. The summed E-state index contributed by atoms with van der Waals surface area (Å²) in [6.07, 6.45) is 1.87. The van der Waals surface area contributed by atoms with E-state index in [9.17, 15) is 4.79 Å². The average Bonchev–Trinajstić information content (AvgIpc) is 2.28. The number of likely N-dealkylation sites (tertiary alicyclic amines) is 1. The number of benzene rings is 1. The molecule has 2 aliphatic heterocycles. The van der Waals surface area contributed by atoms with Crippen molar-refractivity contribution in [3.05, 3.63) is 35.9 Å². The molecule has 3 nitrogen and oxygen atoms in total. The molecular weight excluding hydrogens is 212 g/mol. The third-order valence-electron chi connectivity index (χ3n) is 3.70. The fourth-order valence-electron chi connectivity index (χ4n) is 3.07. The van der Waals surface area contributed by atoms with Crippen LogP contribution in [0.25, 0.3) is 0 Å². The van der Waals surface area contributed by atoms with Crippen LogP contribution in [-0.2, 0) is 11.3 Å². The summed E-state index contributed by atoms with van der Waals surface area (Å²) in [4.78, 5) is 13.9. The van der Waals surface area contributed by atoms with Gasteiger partial charge in [-0.2, -0.15) is 0 Å². The Hall–Kier alpha value is -1.35. The number of carbonyl (C=O) groups is 1. The molecule has 0 radical (unpaired) electrons. The fraction of sp³-hybridized carbons (Fsp3) is 0.500. The first kappa shape index (κ1) is 10.8. The second kappa shape index (κ2) is 4.49. The van der Waals surface area contributed by atoms with Gasteiger partial charge in [0.2, 0.25) is 5.91 Å². The molecule has 0 spiro atoms. The minimum absolute atomic E-state index is 0.241. The Kier molecular flexibility index (Phi) is 2.85. The van der Waals surface area contributed by atoms with Gasteiger partial charge in [-0.15, -0.1) is 0 Å². The van der Waals surface area contributed by atoms with Gasteiger partial charge in [0.1, 0.15) is 0 Å². The zero-order valence-corrected chi connectivity index (χ0v) is 9.93. The lowest BCUT2D eigenvalue weighted by Crippen LogP contribution is -2.55. The van der Waals surface area contributed by atoms with Crippen molar-refractivity contribution >= 4 is 5.91 Å². The summed E-state index contributed by atoms with van der Waals surface area (Å²) in [5.41, 5.74) is 1.36. The molecule has 2 bridgehead atoms. The van der Waals surface area contributed by atoms with E-state index in [4.69, 9.17) is 0 Å². The number of hydrogen-bond acceptors (Lipinski definition) is 2. The van der Waals surface area contributed by atoms with Crippen molar-refractivity contribution in [1.82, 2.24) is 10.2 Å². The third-order valence-corrected chi connectivity index (χ3v) is 3.70. The number of rotatable bonds is 2. The second-order valence-corrected chi connectivity index (χ2v) is 5.25. The van der Waals surface area contributed by atoms with Crippen LogP contribution in [0.4, 0.5) is 0 Å². The van der Waals surface area contributed by atoms with Crippen molar-refractivity contribution in [2.75, 3.05) is 13.1 Å². The maximum Gasteiger partial charge on any atom is 0.220 e. The van der Waals surface area contributed by atoms with Gasteiger partial charge < -0.3 is 5.32 Å². The van der Waals surface area contributed by atoms with E-state index in [2.05, 4.69) is 40.5 Å². The predicted octanol–water partition coefficient (Wildman–Crippen LogP) is 1.40. The topological polar surface area (TPSA) is 32.3 Å². The van der Waals surface area contributed by atoms with Gasteiger partial charge in [0.25, 0.3) is 0 Å². The number of fused-ring (bicyclic) bond motifs is 2. The first-order chi connectivity index (χ1) is 8.29. The number of carbonyl (C=O) groups excluding carboxylic acids is 1. The molecule has 0 unspecified atom stereocenters. The van der Waals surface area contributed by atoms with E-state index >= 15 is 0 Å². The van der Waals surface area contributed by atoms with E-state index in [0.717, 1.165) is 26.1 Å². The summed E-state index contributed by atoms with van der Waals surface area (Å²) >= 11 is 0. The summed E-state index contributed by atoms with van der Waals surface area (Å²) in [5, 5.41) is 3.08. The van der Waals surface area contributed by atoms with Crippen LogP contribution in [0.5, 0.6) is 0 Å². The summed E-state index contributed by atoms with van der Waals surface area (Å²) in [7, 11) is 0. The maximum atomic E-state index is 11.4. The normalized spacial score (nSPS) is 28.8. The molecular formula is C14H18N2O. The largest absolute Gasteiger partial charge is 0.352 e. The van der Waals surface area contributed by atoms with E-state index < -0.39 is 0 Å². The first-order valence-corrected chi connectivity index (χ1v) is 6.35. The van der Waals surface area contributed by atoms with Crippen molar-refractivity contribution in [3.8, 4) is 0 Å². The van der Waals surface area contributed by atoms with Crippen LogP contribution in [0.1, 0.15) is 18.4 Å². The van der Waals surface area contributed by atoms with Gasteiger partial charge in [-0.25, -0.2) is 0 Å². The molecule has 2 aliphatic rings. The van der Waals surface area contributed by atoms with E-state index in [1.54, 1.807) is 0 Å². The molecule has 1 amide bonds. The van der Waals surface area contributed by atoms with Crippen LogP contribution < -0.4 is 5.32 Å². The highest BCUT2D eigenvalue weighted by atomic mass is 16.1. The van der Waals surface area contributed by atoms with Crippen LogP contribution >= 0.6 is 0 Å². The fourth-order valence-corrected chi connectivity index (χ4v) is 3.07. The van der Waals surface area contributed by atoms with Gasteiger partial charge in [-0.3, -0.25) is 9.69 Å². The molecule has 17 heavy (non-hydrogen) atoms. The van der Waals surface area contributed by atoms with Crippen LogP contribution in [0.3, 0.4) is 0 Å². The molecule has 2 atom stereocenters. The SMILES string of the molecule is O=C1C[C@H]2C[C@H](CN(Cc3ccccc3)C2)N1. The molecule has 2 saturated heterocycles. The molecule has 1 aromatic rings. The highest BCUT2D eigenvalue weighted by Gasteiger charge is 2.33. The number of nitrogens with zero attached hydrogens (tertiary/aromatic N) is 1. The highest BCUT2D eigenvalue weighted by Crippen LogP contribution is 2.25. The minimum Gasteiger partial charge on any atom is -0.352 e. The number of nitrogens with one attached hydrogen (secondary N) is 1. The van der Waals surface area contributed by atoms with Crippen molar-refractivity contribution in [2.24, 2.45) is 5.92 Å². The summed E-state index contributed by atoms with van der Waals surface area (Å²) in [6.45, 7) is 3.07. The van der Waals surface area contributed by atoms with Crippen molar-refractivity contribution < 1.29 is 4.79 Å². The summed E-state index contributed by atoms with van der Waals surface area (Å²) < 4.78 is 0. The number of amides is 1. The van der Waals surface area contributed by atoms with Gasteiger partial charge in [-0.05, 0) is 17.9 Å². The Morgan fingerprint density at radius 1 is 1.24 bits per heavy atom. The molecule has 1 aromatic carbocycles. The van der Waals surface area contributed by atoms with Gasteiger partial charge in [0.15, 0.2) is 0 Å². The minimum atomic E-state index is 0.241. The second-order valence-electron chi connectivity index (χ2n) is 5.25. The molecule has 1 N–H and O–H groups in total. The van der Waals surface area contributed by atoms with Crippen molar-refractivity contribution in [2.45, 2.75) is 25.4 Å².